The fourth-order valence-corrected chi connectivity index (χ4v) is 4.89. The van der Waals surface area contributed by atoms with E-state index in [2.05, 4.69) is 5.32 Å². The molecular weight excluding hydrogens is 364 g/mol. The van der Waals surface area contributed by atoms with Gasteiger partial charge in [0.2, 0.25) is 11.8 Å². The van der Waals surface area contributed by atoms with Gasteiger partial charge in [-0.25, -0.2) is 4.90 Å². The van der Waals surface area contributed by atoms with Crippen LogP contribution in [0.2, 0.25) is 0 Å². The van der Waals surface area contributed by atoms with E-state index in [0.29, 0.717) is 10.6 Å². The minimum Gasteiger partial charge on any atom is -0.360 e. The second kappa shape index (κ2) is 5.87. The van der Waals surface area contributed by atoms with Crippen molar-refractivity contribution < 1.29 is 19.1 Å². The van der Waals surface area contributed by atoms with Gasteiger partial charge in [0.1, 0.15) is 5.60 Å². The number of benzene rings is 1. The van der Waals surface area contributed by atoms with Gasteiger partial charge in [0.05, 0.1) is 35.0 Å². The number of nitrogens with one attached hydrogen (secondary N) is 1. The van der Waals surface area contributed by atoms with Gasteiger partial charge in [-0.05, 0) is 23.6 Å². The first-order valence-electron chi connectivity index (χ1n) is 8.72. The number of hydrogen-bond donors (Lipinski definition) is 1. The minimum absolute atomic E-state index is 0.152. The Morgan fingerprint density at radius 2 is 1.96 bits per heavy atom. The molecule has 2 fully saturated rings. The molecule has 0 saturated carbocycles. The molecule has 5 rings (SSSR count). The van der Waals surface area contributed by atoms with E-state index < -0.39 is 23.5 Å². The summed E-state index contributed by atoms with van der Waals surface area (Å²) >= 11 is 1.35. The molecule has 4 atom stereocenters. The first kappa shape index (κ1) is 16.4. The van der Waals surface area contributed by atoms with E-state index in [4.69, 9.17) is 4.74 Å². The zero-order valence-corrected chi connectivity index (χ0v) is 15.0. The number of hydrogen-bond acceptors (Lipinski definition) is 5. The number of ether oxygens (including phenoxy) is 1. The molecule has 3 aliphatic heterocycles. The average Bonchev–Trinajstić information content (AvgIpc) is 3.44. The Kier molecular flexibility index (Phi) is 3.57. The zero-order valence-electron chi connectivity index (χ0n) is 14.2. The quantitative estimate of drug-likeness (QED) is 0.650. The fourth-order valence-electron chi connectivity index (χ4n) is 4.25. The lowest BCUT2D eigenvalue weighted by atomic mass is 9.77. The Bertz CT molecular complexity index is 956. The molecule has 2 bridgehead atoms. The van der Waals surface area contributed by atoms with Crippen molar-refractivity contribution in [2.75, 3.05) is 11.4 Å². The Balaban J connectivity index is 1.42. The van der Waals surface area contributed by atoms with Crippen LogP contribution in [0.5, 0.6) is 0 Å². The molecule has 1 N–H and O–H groups in total. The van der Waals surface area contributed by atoms with Crippen molar-refractivity contribution in [2.24, 2.45) is 11.8 Å². The molecule has 2 aromatic rings. The SMILES string of the molecule is O=C(NC[C@@]12C=C[C@@H](O1)[C@H]1C(=O)N(c3ccccc3)C(=O)[C@@H]12)c1cccs1. The molecule has 0 unspecified atom stereocenters. The molecule has 0 spiro atoms. The molecule has 0 radical (unpaired) electrons. The van der Waals surface area contributed by atoms with Crippen molar-refractivity contribution in [1.82, 2.24) is 5.32 Å². The number of carbonyl (C=O) groups excluding carboxylic acids is 3. The predicted octanol–water partition coefficient (Wildman–Crippen LogP) is 1.99. The maximum Gasteiger partial charge on any atom is 0.261 e. The van der Waals surface area contributed by atoms with Gasteiger partial charge in [0, 0.05) is 0 Å². The Labute approximate surface area is 159 Å². The van der Waals surface area contributed by atoms with Crippen LogP contribution in [-0.2, 0) is 14.3 Å². The van der Waals surface area contributed by atoms with Gasteiger partial charge >= 0.3 is 0 Å². The average molecular weight is 380 g/mol. The second-order valence-electron chi connectivity index (χ2n) is 6.91. The molecule has 1 aromatic carbocycles. The topological polar surface area (TPSA) is 75.7 Å². The number of nitrogens with zero attached hydrogens (tertiary/aromatic N) is 1. The standard InChI is InChI=1S/C20H16N2O4S/c23-17(14-7-4-10-27-14)21-11-20-9-8-13(26-20)15-16(20)19(25)22(18(15)24)12-5-2-1-3-6-12/h1-10,13,15-16H,11H2,(H,21,23)/t13-,15-,16-,20-/m1/s1. The van der Waals surface area contributed by atoms with E-state index in [1.54, 1.807) is 30.3 Å². The summed E-state index contributed by atoms with van der Waals surface area (Å²) in [4.78, 5) is 40.3. The van der Waals surface area contributed by atoms with Crippen molar-refractivity contribution in [1.29, 1.82) is 0 Å². The van der Waals surface area contributed by atoms with E-state index in [9.17, 15) is 14.4 Å². The van der Waals surface area contributed by atoms with E-state index in [1.165, 1.54) is 16.2 Å². The molecule has 3 aliphatic rings. The normalized spacial score (nSPS) is 30.8. The number of amides is 3. The highest BCUT2D eigenvalue weighted by molar-refractivity contribution is 7.12. The summed E-state index contributed by atoms with van der Waals surface area (Å²) in [6.45, 7) is 0.152. The van der Waals surface area contributed by atoms with Crippen molar-refractivity contribution in [2.45, 2.75) is 11.7 Å². The first-order chi connectivity index (χ1) is 13.1. The molecule has 2 saturated heterocycles. The summed E-state index contributed by atoms with van der Waals surface area (Å²) in [6, 6.07) is 12.5. The van der Waals surface area contributed by atoms with E-state index >= 15 is 0 Å². The van der Waals surface area contributed by atoms with Crippen molar-refractivity contribution >= 4 is 34.7 Å². The molecular formula is C20H16N2O4S. The number of anilines is 1. The highest BCUT2D eigenvalue weighted by atomic mass is 32.1. The summed E-state index contributed by atoms with van der Waals surface area (Å²) in [5.41, 5.74) is -0.405. The minimum atomic E-state index is -0.974. The molecule has 136 valence electrons. The van der Waals surface area contributed by atoms with Crippen LogP contribution in [0.4, 0.5) is 5.69 Å². The van der Waals surface area contributed by atoms with Crippen molar-refractivity contribution in [3.63, 3.8) is 0 Å². The number of fused-ring (bicyclic) bond motifs is 5. The van der Waals surface area contributed by atoms with Crippen molar-refractivity contribution in [3.05, 3.63) is 64.9 Å². The second-order valence-corrected chi connectivity index (χ2v) is 7.86. The van der Waals surface area contributed by atoms with Crippen LogP contribution in [0, 0.1) is 11.8 Å². The maximum atomic E-state index is 13.1. The third-order valence-corrected chi connectivity index (χ3v) is 6.31. The number of para-hydroxylation sites is 1. The lowest BCUT2D eigenvalue weighted by Crippen LogP contribution is -2.48. The molecule has 4 heterocycles. The van der Waals surface area contributed by atoms with Crippen LogP contribution in [-0.4, -0.2) is 36.0 Å². The van der Waals surface area contributed by atoms with Gasteiger partial charge in [0.25, 0.3) is 5.91 Å². The van der Waals surface area contributed by atoms with Gasteiger partial charge in [-0.3, -0.25) is 14.4 Å². The molecule has 7 heteroatoms. The summed E-state index contributed by atoms with van der Waals surface area (Å²) in [6.07, 6.45) is 3.23. The Morgan fingerprint density at radius 1 is 1.15 bits per heavy atom. The predicted molar refractivity (Wildman–Crippen MR) is 99.3 cm³/mol. The highest BCUT2D eigenvalue weighted by Crippen LogP contribution is 2.52. The lowest BCUT2D eigenvalue weighted by molar-refractivity contribution is -0.126. The van der Waals surface area contributed by atoms with Crippen LogP contribution in [0.25, 0.3) is 0 Å². The third-order valence-electron chi connectivity index (χ3n) is 5.44. The van der Waals surface area contributed by atoms with Crippen molar-refractivity contribution in [3.8, 4) is 0 Å². The maximum absolute atomic E-state index is 13.1. The van der Waals surface area contributed by atoms with Gasteiger partial charge < -0.3 is 10.1 Å². The van der Waals surface area contributed by atoms with E-state index in [0.717, 1.165) is 0 Å². The number of imide groups is 1. The number of thiophene rings is 1. The summed E-state index contributed by atoms with van der Waals surface area (Å²) in [7, 11) is 0. The Morgan fingerprint density at radius 3 is 2.70 bits per heavy atom. The van der Waals surface area contributed by atoms with Crippen LogP contribution in [0.1, 0.15) is 9.67 Å². The van der Waals surface area contributed by atoms with Gasteiger partial charge in [-0.1, -0.05) is 36.4 Å². The third kappa shape index (κ3) is 2.32. The number of rotatable bonds is 4. The summed E-state index contributed by atoms with van der Waals surface area (Å²) < 4.78 is 6.03. The monoisotopic (exact) mass is 380 g/mol. The lowest BCUT2D eigenvalue weighted by Gasteiger charge is -2.29. The van der Waals surface area contributed by atoms with Gasteiger partial charge in [-0.2, -0.15) is 0 Å². The highest BCUT2D eigenvalue weighted by Gasteiger charge is 2.67. The number of carbonyl (C=O) groups is 3. The van der Waals surface area contributed by atoms with E-state index in [1.807, 2.05) is 29.7 Å². The van der Waals surface area contributed by atoms with Crippen LogP contribution in [0.3, 0.4) is 0 Å². The molecule has 3 amide bonds. The van der Waals surface area contributed by atoms with Crippen LogP contribution >= 0.6 is 11.3 Å². The molecule has 0 aliphatic carbocycles. The molecule has 27 heavy (non-hydrogen) atoms. The largest absolute Gasteiger partial charge is 0.360 e. The van der Waals surface area contributed by atoms with Crippen LogP contribution < -0.4 is 10.2 Å². The fraction of sp³-hybridized carbons (Fsp3) is 0.250. The Hall–Kier alpha value is -2.77. The van der Waals surface area contributed by atoms with Gasteiger partial charge in [0.15, 0.2) is 0 Å². The summed E-state index contributed by atoms with van der Waals surface area (Å²) in [5, 5.41) is 4.69. The molecule has 6 nitrogen and oxygen atoms in total. The smallest absolute Gasteiger partial charge is 0.261 e. The summed E-state index contributed by atoms with van der Waals surface area (Å²) in [5.74, 6) is -1.88. The zero-order chi connectivity index (χ0) is 18.6. The first-order valence-corrected chi connectivity index (χ1v) is 9.60. The molecule has 1 aromatic heterocycles. The van der Waals surface area contributed by atoms with E-state index in [-0.39, 0.29) is 24.3 Å². The van der Waals surface area contributed by atoms with Crippen LogP contribution in [0.15, 0.2) is 60.0 Å². The van der Waals surface area contributed by atoms with Gasteiger partial charge in [-0.15, -0.1) is 11.3 Å².